The minimum Gasteiger partial charge on any atom is -0.380 e. The first-order valence-electron chi connectivity index (χ1n) is 10.4. The molecule has 0 spiro atoms. The first-order valence-corrected chi connectivity index (χ1v) is 9.98. The average Bonchev–Trinajstić information content (AvgIpc) is 2.75. The molecule has 0 unspecified atom stereocenters. The van der Waals surface area contributed by atoms with Gasteiger partial charge in [0.2, 0.25) is 0 Å². The van der Waals surface area contributed by atoms with Gasteiger partial charge in [-0.15, -0.1) is 0 Å². The summed E-state index contributed by atoms with van der Waals surface area (Å²) in [5, 5.41) is 14.1. The van der Waals surface area contributed by atoms with Gasteiger partial charge in [-0.2, -0.15) is 0 Å². The molecule has 1 heterocycles. The second kappa shape index (κ2) is 6.51. The summed E-state index contributed by atoms with van der Waals surface area (Å²) in [6.07, 6.45) is 3.69. The Labute approximate surface area is 159 Å². The topological polar surface area (TPSA) is 32.3 Å². The van der Waals surface area contributed by atoms with Crippen LogP contribution in [-0.2, 0) is 18.4 Å². The lowest BCUT2D eigenvalue weighted by Gasteiger charge is -2.42. The van der Waals surface area contributed by atoms with E-state index in [4.69, 9.17) is 1.41 Å². The van der Waals surface area contributed by atoms with Crippen LogP contribution >= 0.6 is 0 Å². The monoisotopic (exact) mass is 351 g/mol. The van der Waals surface area contributed by atoms with Crippen molar-refractivity contribution in [2.45, 2.75) is 59.0 Å². The quantitative estimate of drug-likeness (QED) is 0.805. The Bertz CT molecular complexity index is 882. The van der Waals surface area contributed by atoms with E-state index in [1.807, 2.05) is 0 Å². The van der Waals surface area contributed by atoms with Crippen LogP contribution in [0.4, 0.5) is 0 Å². The maximum Gasteiger partial charge on any atom is 0.122 e. The number of nitrogens with one attached hydrogen (secondary N) is 1. The van der Waals surface area contributed by atoms with Crippen LogP contribution in [0.1, 0.15) is 57.3 Å². The van der Waals surface area contributed by atoms with Crippen LogP contribution in [0.2, 0.25) is 1.41 Å². The molecule has 2 aromatic rings. The Morgan fingerprint density at radius 2 is 1.77 bits per heavy atom. The summed E-state index contributed by atoms with van der Waals surface area (Å²) in [6.45, 7) is 10.1. The van der Waals surface area contributed by atoms with Gasteiger partial charge in [0.1, 0.15) is 7.01 Å². The van der Waals surface area contributed by atoms with Crippen LogP contribution in [-0.4, -0.2) is 18.2 Å². The van der Waals surface area contributed by atoms with Gasteiger partial charge in [0.05, 0.1) is 0 Å². The summed E-state index contributed by atoms with van der Waals surface area (Å²) < 4.78 is 7.96. The second-order valence-corrected chi connectivity index (χ2v) is 8.36. The van der Waals surface area contributed by atoms with E-state index in [1.54, 1.807) is 5.31 Å². The molecule has 1 fully saturated rings. The highest BCUT2D eigenvalue weighted by atomic mass is 16.3. The lowest BCUT2D eigenvalue weighted by atomic mass is 9.69. The van der Waals surface area contributed by atoms with E-state index in [2.05, 4.69) is 52.0 Å². The van der Waals surface area contributed by atoms with Crippen LogP contribution in [0.15, 0.2) is 24.3 Å². The molecule has 0 aromatic heterocycles. The summed E-state index contributed by atoms with van der Waals surface area (Å²) in [6, 6.07) is 8.83. The Morgan fingerprint density at radius 1 is 1.04 bits per heavy atom. The molecule has 2 nitrogen and oxygen atoms in total. The molecule has 4 rings (SSSR count). The van der Waals surface area contributed by atoms with Gasteiger partial charge < -0.3 is 10.4 Å². The van der Waals surface area contributed by atoms with Gasteiger partial charge >= 0.3 is 0 Å². The largest absolute Gasteiger partial charge is 0.380 e. The molecule has 2 N–H and O–H groups in total. The van der Waals surface area contributed by atoms with E-state index >= 15 is 0 Å². The van der Waals surface area contributed by atoms with Gasteiger partial charge in [-0.3, -0.25) is 0 Å². The maximum atomic E-state index is 12.5. The number of aryl methyl sites for hydroxylation is 4. The summed E-state index contributed by atoms with van der Waals surface area (Å²) in [7, 11) is 0. The molecule has 26 heavy (non-hydrogen) atoms. The zero-order chi connectivity index (χ0) is 19.3. The molecule has 0 bridgehead atoms. The average molecular weight is 352 g/mol. The lowest BCUT2D eigenvalue weighted by molar-refractivity contribution is 0.00126. The number of aliphatic hydroxyl groups is 1. The molecule has 1 saturated heterocycles. The molecule has 138 valence electrons. The summed E-state index contributed by atoms with van der Waals surface area (Å²) >= 11 is 0. The minimum atomic E-state index is -0.960. The Balaban J connectivity index is 1.99. The number of piperidine rings is 1. The fraction of sp³-hybridized carbons (Fsp3) is 0.500. The fourth-order valence-corrected chi connectivity index (χ4v) is 5.30. The fourth-order valence-electron chi connectivity index (χ4n) is 5.30. The highest BCUT2D eigenvalue weighted by molar-refractivity contribution is 5.56. The first-order chi connectivity index (χ1) is 12.8. The standard InChI is InChI=1S/C24H31NO/c1-15-5-8-22-19(13-15)6-7-21-18(4)16(2)14-17(3)23(21)24(22,26)20-9-11-25-12-10-20/h5,8,13-14,20,25-26H,6-7,9-12H2,1-4H3/t24-/m1/s1/i/hT. The van der Waals surface area contributed by atoms with E-state index in [0.717, 1.165) is 49.9 Å². The van der Waals surface area contributed by atoms with Crippen molar-refractivity contribution in [1.29, 1.82) is 0 Å². The zero-order valence-electron chi connectivity index (χ0n) is 17.5. The number of fused-ring (bicyclic) bond motifs is 2. The van der Waals surface area contributed by atoms with Crippen molar-refractivity contribution < 1.29 is 6.52 Å². The molecule has 2 heteroatoms. The van der Waals surface area contributed by atoms with Crippen molar-refractivity contribution in [2.75, 3.05) is 13.1 Å². The molecule has 0 saturated carbocycles. The smallest absolute Gasteiger partial charge is 0.122 e. The molecule has 2 aliphatic rings. The van der Waals surface area contributed by atoms with E-state index < -0.39 is 5.60 Å². The van der Waals surface area contributed by atoms with Gasteiger partial charge in [0, 0.05) is 0 Å². The van der Waals surface area contributed by atoms with E-state index in [9.17, 15) is 5.11 Å². The third kappa shape index (κ3) is 2.62. The highest BCUT2D eigenvalue weighted by Gasteiger charge is 2.45. The van der Waals surface area contributed by atoms with Crippen molar-refractivity contribution in [1.82, 2.24) is 5.31 Å². The molecular formula is C24H31NO. The first kappa shape index (κ1) is 16.5. The summed E-state index contributed by atoms with van der Waals surface area (Å²) in [4.78, 5) is 0. The van der Waals surface area contributed by atoms with Gasteiger partial charge in [-0.05, 0) is 111 Å². The SMILES string of the molecule is [3H]N1CCC([C@@]2(O)c3ccc(C)cc3CCc3c(C)c(C)cc(C)c32)CC1. The van der Waals surface area contributed by atoms with E-state index in [1.165, 1.54) is 33.4 Å². The molecule has 1 aliphatic heterocycles. The zero-order valence-corrected chi connectivity index (χ0v) is 16.5. The van der Waals surface area contributed by atoms with Gasteiger partial charge in [0.15, 0.2) is 0 Å². The Kier molecular flexibility index (Phi) is 4.14. The lowest BCUT2D eigenvalue weighted by Crippen LogP contribution is -2.44. The number of rotatable bonds is 1. The molecule has 1 aliphatic carbocycles. The number of hydrogen-bond donors (Lipinski definition) is 2. The predicted molar refractivity (Wildman–Crippen MR) is 108 cm³/mol. The van der Waals surface area contributed by atoms with Crippen LogP contribution < -0.4 is 5.31 Å². The van der Waals surface area contributed by atoms with Gasteiger partial charge in [-0.25, -0.2) is 0 Å². The molecule has 0 amide bonds. The highest BCUT2D eigenvalue weighted by Crippen LogP contribution is 2.48. The third-order valence-electron chi connectivity index (χ3n) is 6.73. The second-order valence-electron chi connectivity index (χ2n) is 8.36. The van der Waals surface area contributed by atoms with Crippen molar-refractivity contribution in [3.05, 3.63) is 68.8 Å². The van der Waals surface area contributed by atoms with Gasteiger partial charge in [0.25, 0.3) is 0 Å². The summed E-state index contributed by atoms with van der Waals surface area (Å²) in [5.41, 5.74) is 9.03. The van der Waals surface area contributed by atoms with Crippen molar-refractivity contribution >= 4 is 0 Å². The molecular weight excluding hydrogens is 318 g/mol. The third-order valence-corrected chi connectivity index (χ3v) is 6.73. The molecule has 1 atom stereocenters. The van der Waals surface area contributed by atoms with Crippen molar-refractivity contribution in [3.8, 4) is 0 Å². The van der Waals surface area contributed by atoms with Crippen molar-refractivity contribution in [2.24, 2.45) is 5.92 Å². The van der Waals surface area contributed by atoms with Crippen LogP contribution in [0.3, 0.4) is 0 Å². The summed E-state index contributed by atoms with van der Waals surface area (Å²) in [5.74, 6) is 0.151. The van der Waals surface area contributed by atoms with Gasteiger partial charge in [-0.1, -0.05) is 29.8 Å². The normalized spacial score (nSPS) is 24.6. The molecule has 0 radical (unpaired) electrons. The number of hydrogen-bond acceptors (Lipinski definition) is 2. The van der Waals surface area contributed by atoms with Crippen molar-refractivity contribution in [3.63, 3.8) is 0 Å². The van der Waals surface area contributed by atoms with E-state index in [0.29, 0.717) is 0 Å². The van der Waals surface area contributed by atoms with Crippen LogP contribution in [0.5, 0.6) is 0 Å². The van der Waals surface area contributed by atoms with E-state index in [-0.39, 0.29) is 5.92 Å². The Hall–Kier alpha value is -1.64. The predicted octanol–water partition coefficient (Wildman–Crippen LogP) is 4.25. The number of benzene rings is 2. The van der Waals surface area contributed by atoms with Crippen LogP contribution in [0.25, 0.3) is 0 Å². The van der Waals surface area contributed by atoms with Crippen LogP contribution in [0, 0.1) is 33.6 Å². The Morgan fingerprint density at radius 3 is 2.50 bits per heavy atom. The minimum absolute atomic E-state index is 0.151. The maximum absolute atomic E-state index is 12.5. The molecule has 2 aromatic carbocycles.